The molecule has 25 heavy (non-hydrogen) atoms. The van der Waals surface area contributed by atoms with E-state index in [0.29, 0.717) is 31.2 Å². The number of methoxy groups -OCH3 is 1. The van der Waals surface area contributed by atoms with E-state index in [-0.39, 0.29) is 24.8 Å². The van der Waals surface area contributed by atoms with Gasteiger partial charge in [0, 0.05) is 26.6 Å². The Morgan fingerprint density at radius 1 is 1.32 bits per heavy atom. The second kappa shape index (κ2) is 8.36. The number of hydrogen-bond donors (Lipinski definition) is 1. The molecule has 1 fully saturated rings. The molecule has 0 saturated carbocycles. The monoisotopic (exact) mass is 349 g/mol. The lowest BCUT2D eigenvalue weighted by Gasteiger charge is -2.27. The van der Waals surface area contributed by atoms with Gasteiger partial charge in [0.05, 0.1) is 13.7 Å². The molecule has 8 heteroatoms. The standard InChI is InChI=1S/C17H23N3O5/c1-4-25-14-9-12(5-6-13(14)24-3)10-19(2)16(22)11-20-15(21)7-8-18-17(20)23/h5-6,9H,4,7-8,10-11H2,1-3H3,(H,18,23). The number of ether oxygens (including phenoxy) is 2. The molecule has 0 radical (unpaired) electrons. The van der Waals surface area contributed by atoms with Gasteiger partial charge in [-0.05, 0) is 24.6 Å². The fraction of sp³-hybridized carbons (Fsp3) is 0.471. The van der Waals surface area contributed by atoms with Gasteiger partial charge in [-0.15, -0.1) is 0 Å². The van der Waals surface area contributed by atoms with E-state index < -0.39 is 6.03 Å². The second-order valence-electron chi connectivity index (χ2n) is 5.63. The van der Waals surface area contributed by atoms with Crippen LogP contribution in [0.15, 0.2) is 18.2 Å². The minimum atomic E-state index is -0.527. The normalized spacial score (nSPS) is 14.1. The SMILES string of the molecule is CCOc1cc(CN(C)C(=O)CN2C(=O)CCNC2=O)ccc1OC. The van der Waals surface area contributed by atoms with Crippen LogP contribution in [0.1, 0.15) is 18.9 Å². The lowest BCUT2D eigenvalue weighted by atomic mass is 10.2. The number of rotatable bonds is 7. The number of nitrogens with zero attached hydrogens (tertiary/aromatic N) is 2. The summed E-state index contributed by atoms with van der Waals surface area (Å²) in [5.74, 6) is 0.567. The maximum Gasteiger partial charge on any atom is 0.324 e. The van der Waals surface area contributed by atoms with Crippen LogP contribution in [0, 0.1) is 0 Å². The van der Waals surface area contributed by atoms with Gasteiger partial charge in [-0.2, -0.15) is 0 Å². The highest BCUT2D eigenvalue weighted by molar-refractivity contribution is 6.00. The molecule has 1 N–H and O–H groups in total. The van der Waals surface area contributed by atoms with Crippen molar-refractivity contribution < 1.29 is 23.9 Å². The average Bonchev–Trinajstić information content (AvgIpc) is 2.58. The largest absolute Gasteiger partial charge is 0.493 e. The first-order chi connectivity index (χ1) is 12.0. The Balaban J connectivity index is 2.02. The first-order valence-electron chi connectivity index (χ1n) is 8.08. The van der Waals surface area contributed by atoms with Gasteiger partial charge in [0.1, 0.15) is 6.54 Å². The van der Waals surface area contributed by atoms with Crippen molar-refractivity contribution in [3.8, 4) is 11.5 Å². The zero-order valence-electron chi connectivity index (χ0n) is 14.7. The maximum atomic E-state index is 12.3. The first kappa shape index (κ1) is 18.6. The molecule has 136 valence electrons. The molecule has 0 unspecified atom stereocenters. The van der Waals surface area contributed by atoms with Crippen LogP contribution in [-0.2, 0) is 16.1 Å². The molecule has 1 aliphatic rings. The quantitative estimate of drug-likeness (QED) is 0.793. The van der Waals surface area contributed by atoms with Gasteiger partial charge in [-0.1, -0.05) is 6.07 Å². The highest BCUT2D eigenvalue weighted by atomic mass is 16.5. The number of amides is 4. The third-order valence-corrected chi connectivity index (χ3v) is 3.83. The van der Waals surface area contributed by atoms with Crippen molar-refractivity contribution in [2.45, 2.75) is 19.9 Å². The summed E-state index contributed by atoms with van der Waals surface area (Å²) >= 11 is 0. The van der Waals surface area contributed by atoms with Crippen molar-refractivity contribution >= 4 is 17.8 Å². The third kappa shape index (κ3) is 4.62. The Morgan fingerprint density at radius 3 is 2.72 bits per heavy atom. The van der Waals surface area contributed by atoms with Crippen LogP contribution in [0.2, 0.25) is 0 Å². The van der Waals surface area contributed by atoms with Crippen molar-refractivity contribution in [1.82, 2.24) is 15.1 Å². The van der Waals surface area contributed by atoms with E-state index in [2.05, 4.69) is 5.32 Å². The van der Waals surface area contributed by atoms with Crippen molar-refractivity contribution in [3.05, 3.63) is 23.8 Å². The van der Waals surface area contributed by atoms with Gasteiger partial charge in [-0.3, -0.25) is 14.5 Å². The number of carbonyl (C=O) groups excluding carboxylic acids is 3. The molecule has 0 aromatic heterocycles. The van der Waals surface area contributed by atoms with E-state index in [1.807, 2.05) is 19.1 Å². The van der Waals surface area contributed by atoms with Crippen LogP contribution < -0.4 is 14.8 Å². The topological polar surface area (TPSA) is 88.2 Å². The predicted octanol–water partition coefficient (Wildman–Crippen LogP) is 0.994. The lowest BCUT2D eigenvalue weighted by molar-refractivity contribution is -0.138. The molecule has 0 spiro atoms. The minimum absolute atomic E-state index is 0.207. The zero-order valence-corrected chi connectivity index (χ0v) is 14.7. The van der Waals surface area contributed by atoms with E-state index in [1.165, 1.54) is 4.90 Å². The summed E-state index contributed by atoms with van der Waals surface area (Å²) in [6.07, 6.45) is 0.207. The highest BCUT2D eigenvalue weighted by Crippen LogP contribution is 2.28. The fourth-order valence-corrected chi connectivity index (χ4v) is 2.49. The molecule has 0 bridgehead atoms. The smallest absolute Gasteiger partial charge is 0.324 e. The van der Waals surface area contributed by atoms with Gasteiger partial charge in [-0.25, -0.2) is 4.79 Å². The van der Waals surface area contributed by atoms with E-state index >= 15 is 0 Å². The molecule has 0 atom stereocenters. The number of hydrogen-bond acceptors (Lipinski definition) is 5. The Bertz CT molecular complexity index is 646. The van der Waals surface area contributed by atoms with Gasteiger partial charge in [0.25, 0.3) is 0 Å². The Morgan fingerprint density at radius 2 is 2.08 bits per heavy atom. The fourth-order valence-electron chi connectivity index (χ4n) is 2.49. The molecule has 8 nitrogen and oxygen atoms in total. The van der Waals surface area contributed by atoms with Crippen molar-refractivity contribution in [2.24, 2.45) is 0 Å². The van der Waals surface area contributed by atoms with E-state index in [1.54, 1.807) is 20.2 Å². The molecule has 1 heterocycles. The zero-order chi connectivity index (χ0) is 18.4. The van der Waals surface area contributed by atoms with E-state index in [9.17, 15) is 14.4 Å². The number of nitrogens with one attached hydrogen (secondary N) is 1. The average molecular weight is 349 g/mol. The number of imide groups is 1. The Hall–Kier alpha value is -2.77. The van der Waals surface area contributed by atoms with Crippen LogP contribution in [0.3, 0.4) is 0 Å². The highest BCUT2D eigenvalue weighted by Gasteiger charge is 2.28. The minimum Gasteiger partial charge on any atom is -0.493 e. The van der Waals surface area contributed by atoms with Gasteiger partial charge < -0.3 is 19.7 Å². The summed E-state index contributed by atoms with van der Waals surface area (Å²) < 4.78 is 10.8. The molecule has 2 rings (SSSR count). The molecule has 1 aromatic rings. The molecule has 1 aliphatic heterocycles. The van der Waals surface area contributed by atoms with Crippen LogP contribution >= 0.6 is 0 Å². The first-order valence-corrected chi connectivity index (χ1v) is 8.08. The van der Waals surface area contributed by atoms with Crippen LogP contribution in [0.4, 0.5) is 4.79 Å². The van der Waals surface area contributed by atoms with Crippen LogP contribution in [-0.4, -0.2) is 61.5 Å². The van der Waals surface area contributed by atoms with Crippen LogP contribution in [0.5, 0.6) is 11.5 Å². The molecular weight excluding hydrogens is 326 g/mol. The number of carbonyl (C=O) groups is 3. The lowest BCUT2D eigenvalue weighted by Crippen LogP contribution is -2.53. The summed E-state index contributed by atoms with van der Waals surface area (Å²) in [4.78, 5) is 38.2. The van der Waals surface area contributed by atoms with Crippen molar-refractivity contribution in [3.63, 3.8) is 0 Å². The molecule has 0 aliphatic carbocycles. The van der Waals surface area contributed by atoms with Gasteiger partial charge >= 0.3 is 6.03 Å². The number of benzene rings is 1. The second-order valence-corrected chi connectivity index (χ2v) is 5.63. The summed E-state index contributed by atoms with van der Waals surface area (Å²) in [7, 11) is 3.19. The summed E-state index contributed by atoms with van der Waals surface area (Å²) in [5, 5.41) is 2.56. The maximum absolute atomic E-state index is 12.3. The Labute approximate surface area is 146 Å². The van der Waals surface area contributed by atoms with E-state index in [0.717, 1.165) is 10.5 Å². The van der Waals surface area contributed by atoms with Gasteiger partial charge in [0.15, 0.2) is 11.5 Å². The Kier molecular flexibility index (Phi) is 6.21. The summed E-state index contributed by atoms with van der Waals surface area (Å²) in [6.45, 7) is 2.75. The molecular formula is C17H23N3O5. The molecule has 1 saturated heterocycles. The van der Waals surface area contributed by atoms with Crippen molar-refractivity contribution in [2.75, 3.05) is 33.9 Å². The molecule has 1 aromatic carbocycles. The summed E-state index contributed by atoms with van der Waals surface area (Å²) in [5.41, 5.74) is 0.856. The number of likely N-dealkylation sites (N-methyl/N-ethyl adjacent to an activating group) is 1. The van der Waals surface area contributed by atoms with Crippen LogP contribution in [0.25, 0.3) is 0 Å². The third-order valence-electron chi connectivity index (χ3n) is 3.83. The number of urea groups is 1. The molecule has 4 amide bonds. The van der Waals surface area contributed by atoms with Gasteiger partial charge in [0.2, 0.25) is 11.8 Å². The summed E-state index contributed by atoms with van der Waals surface area (Å²) in [6, 6.07) is 4.90. The predicted molar refractivity (Wildman–Crippen MR) is 90.4 cm³/mol. The van der Waals surface area contributed by atoms with E-state index in [4.69, 9.17) is 9.47 Å². The van der Waals surface area contributed by atoms with Crippen molar-refractivity contribution in [1.29, 1.82) is 0 Å².